The van der Waals surface area contributed by atoms with E-state index < -0.39 is 55.1 Å². The molecular weight excluding hydrogens is 905 g/mol. The Morgan fingerprint density at radius 1 is 0.417 bits per heavy atom. The molecule has 1 fully saturated rings. The van der Waals surface area contributed by atoms with Gasteiger partial charge in [-0.2, -0.15) is 0 Å². The fourth-order valence-electron chi connectivity index (χ4n) is 8.58. The molecule has 1 N–H and O–H groups in total. The molecule has 0 bridgehead atoms. The molecule has 1 heterocycles. The van der Waals surface area contributed by atoms with Gasteiger partial charge in [-0.3, -0.25) is 0 Å². The molecule has 0 aromatic heterocycles. The van der Waals surface area contributed by atoms with Crippen molar-refractivity contribution in [3.05, 3.63) is 263 Å². The predicted molar refractivity (Wildman–Crippen MR) is 277 cm³/mol. The zero-order chi connectivity index (χ0) is 49.4. The molecule has 72 heavy (non-hydrogen) atoms. The Labute approximate surface area is 424 Å². The summed E-state index contributed by atoms with van der Waals surface area (Å²) >= 11 is 0. The number of hydrogen-bond acceptors (Lipinski definition) is 10. The topological polar surface area (TPSA) is 103 Å². The van der Waals surface area contributed by atoms with E-state index in [1.807, 2.05) is 218 Å². The molecule has 7 aromatic carbocycles. The number of methoxy groups -OCH3 is 1. The lowest BCUT2D eigenvalue weighted by Gasteiger charge is -2.46. The van der Waals surface area contributed by atoms with Crippen LogP contribution in [0.25, 0.3) is 0 Å². The minimum Gasteiger partial charge on any atom is -0.386 e. The third kappa shape index (κ3) is 16.2. The van der Waals surface area contributed by atoms with Crippen LogP contribution in [-0.4, -0.2) is 73.9 Å². The molecule has 0 aliphatic carbocycles. The summed E-state index contributed by atoms with van der Waals surface area (Å²) in [5.74, 6) is 0. The van der Waals surface area contributed by atoms with Gasteiger partial charge in [0.25, 0.3) is 0 Å². The minimum atomic E-state index is -1.27. The van der Waals surface area contributed by atoms with Crippen molar-refractivity contribution in [1.82, 2.24) is 0 Å². The monoisotopic (exact) mass is 970 g/mol. The Bertz CT molecular complexity index is 2540. The van der Waals surface area contributed by atoms with Gasteiger partial charge >= 0.3 is 0 Å². The number of benzene rings is 7. The zero-order valence-corrected chi connectivity index (χ0v) is 40.8. The van der Waals surface area contributed by atoms with Gasteiger partial charge in [0, 0.05) is 7.11 Å². The fraction of sp³-hybridized carbons (Fsp3) is 0.290. The standard InChI is InChI=1S/C62H66O10/c1-64-62-61(71-45-53-35-21-8-22-36-53)60(70-44-52-33-19-7-20-34-52)59(69-43-51-31-17-6-18-32-51)57(72-62)54(63)37-38-55(66-40-48-25-11-3-12-26-48)58(68-42-50-29-15-5-16-30-50)56(67-41-49-27-13-4-14-28-49)46-65-39-47-23-9-2-10-24-47/h2-38,54-63H,39-46H2,1H3/t54-,55-,56+,57-,58+,59-,60+,61-,62+/m1/s1. The Hall–Kier alpha value is -6.12. The SMILES string of the molecule is CO[C@H]1O[C@H]([C@H](O)C=C[C@@H](OCc2ccccc2)[C@H](OCc2ccccc2)[C@H](COCc2ccccc2)OCc2ccccc2)[C@@H](OCc2ccccc2)[C@H](OCc2ccccc2)[C@H]1OCc1ccccc1. The smallest absolute Gasteiger partial charge is 0.186 e. The van der Waals surface area contributed by atoms with E-state index in [2.05, 4.69) is 0 Å². The first kappa shape index (κ1) is 52.2. The second-order valence-corrected chi connectivity index (χ2v) is 17.7. The number of hydrogen-bond donors (Lipinski definition) is 1. The third-order valence-corrected chi connectivity index (χ3v) is 12.4. The molecule has 8 rings (SSSR count). The second-order valence-electron chi connectivity index (χ2n) is 17.7. The quantitative estimate of drug-likeness (QED) is 0.0477. The van der Waals surface area contributed by atoms with Gasteiger partial charge in [0.05, 0.1) is 52.9 Å². The summed E-state index contributed by atoms with van der Waals surface area (Å²) in [6.07, 6.45) is -4.16. The average Bonchev–Trinajstić information content (AvgIpc) is 3.44. The summed E-state index contributed by atoms with van der Waals surface area (Å²) in [4.78, 5) is 0. The molecule has 10 heteroatoms. The zero-order valence-electron chi connectivity index (χ0n) is 40.8. The van der Waals surface area contributed by atoms with Crippen LogP contribution in [0.4, 0.5) is 0 Å². The summed E-state index contributed by atoms with van der Waals surface area (Å²) in [6, 6.07) is 69.8. The van der Waals surface area contributed by atoms with Crippen LogP contribution in [0, 0.1) is 0 Å². The van der Waals surface area contributed by atoms with Crippen LogP contribution >= 0.6 is 0 Å². The van der Waals surface area contributed by atoms with Gasteiger partial charge in [0.1, 0.15) is 48.8 Å². The largest absolute Gasteiger partial charge is 0.386 e. The number of aliphatic hydroxyl groups excluding tert-OH is 1. The summed E-state index contributed by atoms with van der Waals surface area (Å²) in [5.41, 5.74) is 6.86. The average molecular weight is 971 g/mol. The lowest BCUT2D eigenvalue weighted by Crippen LogP contribution is -2.63. The first-order chi connectivity index (χ1) is 35.6. The van der Waals surface area contributed by atoms with Crippen molar-refractivity contribution < 1.29 is 47.7 Å². The second kappa shape index (κ2) is 28.8. The van der Waals surface area contributed by atoms with Gasteiger partial charge in [0.2, 0.25) is 0 Å². The van der Waals surface area contributed by atoms with E-state index in [1.165, 1.54) is 0 Å². The molecule has 1 aliphatic rings. The van der Waals surface area contributed by atoms with Crippen LogP contribution in [-0.2, 0) is 88.9 Å². The van der Waals surface area contributed by atoms with E-state index in [1.54, 1.807) is 13.2 Å². The first-order valence-electron chi connectivity index (χ1n) is 24.7. The molecule has 0 amide bonds. The molecule has 0 radical (unpaired) electrons. The van der Waals surface area contributed by atoms with Crippen molar-refractivity contribution in [2.45, 2.75) is 101 Å². The van der Waals surface area contributed by atoms with Crippen molar-refractivity contribution in [2.75, 3.05) is 13.7 Å². The Morgan fingerprint density at radius 3 is 1.21 bits per heavy atom. The Balaban J connectivity index is 1.14. The Morgan fingerprint density at radius 2 is 0.778 bits per heavy atom. The highest BCUT2D eigenvalue weighted by molar-refractivity contribution is 5.19. The van der Waals surface area contributed by atoms with Gasteiger partial charge in [-0.1, -0.05) is 224 Å². The van der Waals surface area contributed by atoms with Crippen molar-refractivity contribution in [3.63, 3.8) is 0 Å². The van der Waals surface area contributed by atoms with Crippen LogP contribution in [0.3, 0.4) is 0 Å². The van der Waals surface area contributed by atoms with Crippen molar-refractivity contribution in [2.24, 2.45) is 0 Å². The van der Waals surface area contributed by atoms with E-state index in [0.29, 0.717) is 13.2 Å². The summed E-state index contributed by atoms with van der Waals surface area (Å²) < 4.78 is 60.3. The molecule has 9 atom stereocenters. The van der Waals surface area contributed by atoms with Crippen LogP contribution in [0.15, 0.2) is 224 Å². The molecule has 0 saturated carbocycles. The third-order valence-electron chi connectivity index (χ3n) is 12.4. The maximum absolute atomic E-state index is 12.6. The molecule has 1 saturated heterocycles. The molecule has 374 valence electrons. The highest BCUT2D eigenvalue weighted by Crippen LogP contribution is 2.33. The lowest BCUT2D eigenvalue weighted by atomic mass is 9.93. The summed E-state index contributed by atoms with van der Waals surface area (Å²) in [6.45, 7) is 2.11. The van der Waals surface area contributed by atoms with Gasteiger partial charge < -0.3 is 47.7 Å². The maximum atomic E-state index is 12.6. The van der Waals surface area contributed by atoms with Gasteiger partial charge in [-0.25, -0.2) is 0 Å². The normalized spacial score (nSPS) is 19.7. The predicted octanol–water partition coefficient (Wildman–Crippen LogP) is 11.0. The molecule has 1 aliphatic heterocycles. The highest BCUT2D eigenvalue weighted by Gasteiger charge is 2.50. The molecule has 10 nitrogen and oxygen atoms in total. The first-order valence-corrected chi connectivity index (χ1v) is 24.7. The van der Waals surface area contributed by atoms with Gasteiger partial charge in [0.15, 0.2) is 6.29 Å². The van der Waals surface area contributed by atoms with E-state index in [0.717, 1.165) is 38.9 Å². The molecule has 7 aromatic rings. The van der Waals surface area contributed by atoms with E-state index in [-0.39, 0.29) is 39.6 Å². The molecule has 0 spiro atoms. The van der Waals surface area contributed by atoms with Crippen molar-refractivity contribution in [3.8, 4) is 0 Å². The summed E-state index contributed by atoms with van der Waals surface area (Å²) in [5, 5.41) is 12.6. The summed E-state index contributed by atoms with van der Waals surface area (Å²) in [7, 11) is 1.57. The fourth-order valence-corrected chi connectivity index (χ4v) is 8.58. The van der Waals surface area contributed by atoms with E-state index in [9.17, 15) is 5.11 Å². The van der Waals surface area contributed by atoms with E-state index in [4.69, 9.17) is 42.6 Å². The van der Waals surface area contributed by atoms with Crippen LogP contribution < -0.4 is 0 Å². The minimum absolute atomic E-state index is 0.185. The maximum Gasteiger partial charge on any atom is 0.186 e. The molecular formula is C62H66O10. The van der Waals surface area contributed by atoms with Crippen molar-refractivity contribution >= 4 is 0 Å². The van der Waals surface area contributed by atoms with Crippen LogP contribution in [0.5, 0.6) is 0 Å². The van der Waals surface area contributed by atoms with Crippen LogP contribution in [0.2, 0.25) is 0 Å². The van der Waals surface area contributed by atoms with E-state index >= 15 is 0 Å². The Kier molecular flexibility index (Phi) is 20.9. The van der Waals surface area contributed by atoms with Gasteiger partial charge in [-0.15, -0.1) is 0 Å². The highest BCUT2D eigenvalue weighted by atomic mass is 16.7. The number of aliphatic hydroxyl groups is 1. The lowest BCUT2D eigenvalue weighted by molar-refractivity contribution is -0.326. The molecule has 0 unspecified atom stereocenters. The van der Waals surface area contributed by atoms with Crippen LogP contribution in [0.1, 0.15) is 38.9 Å². The van der Waals surface area contributed by atoms with Crippen molar-refractivity contribution in [1.29, 1.82) is 0 Å². The number of ether oxygens (including phenoxy) is 9. The number of rotatable bonds is 28. The van der Waals surface area contributed by atoms with Gasteiger partial charge in [-0.05, 0) is 38.9 Å².